The van der Waals surface area contributed by atoms with Crippen molar-refractivity contribution in [3.05, 3.63) is 30.1 Å². The van der Waals surface area contributed by atoms with Crippen LogP contribution < -0.4 is 5.73 Å². The van der Waals surface area contributed by atoms with Gasteiger partial charge in [0.05, 0.1) is 10.4 Å². The molecule has 0 bridgehead atoms. The highest BCUT2D eigenvalue weighted by atomic mass is 32.2. The van der Waals surface area contributed by atoms with E-state index in [0.717, 1.165) is 23.6 Å². The van der Waals surface area contributed by atoms with Gasteiger partial charge in [-0.25, -0.2) is 12.7 Å². The normalized spacial score (nSPS) is 17.5. The van der Waals surface area contributed by atoms with Crippen molar-refractivity contribution < 1.29 is 12.9 Å². The van der Waals surface area contributed by atoms with Gasteiger partial charge in [-0.1, -0.05) is 11.2 Å². The first-order valence-electron chi connectivity index (χ1n) is 6.99. The molecule has 8 heteroatoms. The van der Waals surface area contributed by atoms with Crippen molar-refractivity contribution in [1.29, 1.82) is 0 Å². The van der Waals surface area contributed by atoms with Crippen LogP contribution in [0.15, 0.2) is 33.7 Å². The Kier molecular flexibility index (Phi) is 3.54. The minimum atomic E-state index is -3.50. The molecule has 1 heterocycles. The standard InChI is InChI=1S/C14H18N4O3S/c1-18(2)22(19,20)11-6-3-5-10(9-11)12-16-13(17-21-12)14(15)7-4-8-14/h3,5-6,9H,4,7-8,15H2,1-2H3. The molecule has 1 saturated carbocycles. The minimum Gasteiger partial charge on any atom is -0.334 e. The molecule has 0 aliphatic heterocycles. The molecule has 1 fully saturated rings. The molecule has 0 unspecified atom stereocenters. The van der Waals surface area contributed by atoms with Crippen LogP contribution in [0.3, 0.4) is 0 Å². The van der Waals surface area contributed by atoms with Gasteiger partial charge in [0.15, 0.2) is 5.82 Å². The first kappa shape index (κ1) is 15.1. The van der Waals surface area contributed by atoms with E-state index in [-0.39, 0.29) is 10.8 Å². The van der Waals surface area contributed by atoms with Gasteiger partial charge in [-0.2, -0.15) is 4.98 Å². The maximum Gasteiger partial charge on any atom is 0.258 e. The fourth-order valence-electron chi connectivity index (χ4n) is 2.32. The van der Waals surface area contributed by atoms with Gasteiger partial charge in [-0.3, -0.25) is 0 Å². The molecule has 0 spiro atoms. The molecule has 2 N–H and O–H groups in total. The van der Waals surface area contributed by atoms with Crippen molar-refractivity contribution in [3.63, 3.8) is 0 Å². The van der Waals surface area contributed by atoms with Crippen molar-refractivity contribution in [2.45, 2.75) is 29.7 Å². The highest BCUT2D eigenvalue weighted by Gasteiger charge is 2.39. The predicted octanol–water partition coefficient (Wildman–Crippen LogP) is 1.32. The number of aromatic nitrogens is 2. The van der Waals surface area contributed by atoms with E-state index < -0.39 is 15.6 Å². The smallest absolute Gasteiger partial charge is 0.258 e. The summed E-state index contributed by atoms with van der Waals surface area (Å²) in [6.07, 6.45) is 2.72. The van der Waals surface area contributed by atoms with E-state index >= 15 is 0 Å². The molecular weight excluding hydrogens is 304 g/mol. The molecule has 1 aliphatic carbocycles. The number of sulfonamides is 1. The van der Waals surface area contributed by atoms with Crippen molar-refractivity contribution in [1.82, 2.24) is 14.4 Å². The maximum atomic E-state index is 12.2. The average molecular weight is 322 g/mol. The topological polar surface area (TPSA) is 102 Å². The van der Waals surface area contributed by atoms with Gasteiger partial charge in [-0.15, -0.1) is 0 Å². The molecule has 0 amide bonds. The molecule has 2 aromatic rings. The zero-order chi connectivity index (χ0) is 16.0. The van der Waals surface area contributed by atoms with Crippen LogP contribution in [0.25, 0.3) is 11.5 Å². The lowest BCUT2D eigenvalue weighted by Gasteiger charge is -2.34. The molecule has 7 nitrogen and oxygen atoms in total. The lowest BCUT2D eigenvalue weighted by molar-refractivity contribution is 0.229. The van der Waals surface area contributed by atoms with E-state index in [1.165, 1.54) is 26.2 Å². The number of nitrogens with two attached hydrogens (primary N) is 1. The zero-order valence-corrected chi connectivity index (χ0v) is 13.3. The highest BCUT2D eigenvalue weighted by molar-refractivity contribution is 7.89. The van der Waals surface area contributed by atoms with Crippen LogP contribution in [0.5, 0.6) is 0 Å². The Labute approximate surface area is 129 Å². The molecular formula is C14H18N4O3S. The Bertz CT molecular complexity index is 794. The molecule has 0 radical (unpaired) electrons. The Morgan fingerprint density at radius 1 is 1.32 bits per heavy atom. The molecule has 1 aliphatic rings. The average Bonchev–Trinajstić information content (AvgIpc) is 2.95. The van der Waals surface area contributed by atoms with Crippen molar-refractivity contribution in [3.8, 4) is 11.5 Å². The number of rotatable bonds is 4. The monoisotopic (exact) mass is 322 g/mol. The summed E-state index contributed by atoms with van der Waals surface area (Å²) < 4.78 is 30.8. The first-order valence-corrected chi connectivity index (χ1v) is 8.43. The number of nitrogens with zero attached hydrogens (tertiary/aromatic N) is 3. The molecule has 1 aromatic heterocycles. The van der Waals surface area contributed by atoms with Gasteiger partial charge in [0, 0.05) is 19.7 Å². The van der Waals surface area contributed by atoms with E-state index in [2.05, 4.69) is 10.1 Å². The van der Waals surface area contributed by atoms with Gasteiger partial charge >= 0.3 is 0 Å². The highest BCUT2D eigenvalue weighted by Crippen LogP contribution is 2.37. The van der Waals surface area contributed by atoms with Crippen LogP contribution in [-0.2, 0) is 15.6 Å². The third-order valence-electron chi connectivity index (χ3n) is 3.98. The molecule has 22 heavy (non-hydrogen) atoms. The predicted molar refractivity (Wildman–Crippen MR) is 80.3 cm³/mol. The second-order valence-corrected chi connectivity index (χ2v) is 7.90. The fourth-order valence-corrected chi connectivity index (χ4v) is 3.27. The summed E-state index contributed by atoms with van der Waals surface area (Å²) in [5, 5.41) is 3.94. The SMILES string of the molecule is CN(C)S(=O)(=O)c1cccc(-c2nc(C3(N)CCC3)no2)c1. The fraction of sp³-hybridized carbons (Fsp3) is 0.429. The summed E-state index contributed by atoms with van der Waals surface area (Å²) in [6, 6.07) is 6.44. The van der Waals surface area contributed by atoms with Gasteiger partial charge in [0.2, 0.25) is 10.0 Å². The minimum absolute atomic E-state index is 0.181. The van der Waals surface area contributed by atoms with Crippen molar-refractivity contribution in [2.24, 2.45) is 5.73 Å². The quantitative estimate of drug-likeness (QED) is 0.911. The zero-order valence-electron chi connectivity index (χ0n) is 12.5. The van der Waals surface area contributed by atoms with E-state index in [9.17, 15) is 8.42 Å². The first-order chi connectivity index (χ1) is 10.3. The molecule has 1 aromatic carbocycles. The summed E-state index contributed by atoms with van der Waals surface area (Å²) in [5.74, 6) is 0.761. The second kappa shape index (κ2) is 5.15. The van der Waals surface area contributed by atoms with E-state index in [0.29, 0.717) is 11.4 Å². The Morgan fingerprint density at radius 3 is 2.64 bits per heavy atom. The molecule has 118 valence electrons. The largest absolute Gasteiger partial charge is 0.334 e. The summed E-state index contributed by atoms with van der Waals surface area (Å²) in [5.41, 5.74) is 6.22. The Balaban J connectivity index is 1.96. The Hall–Kier alpha value is -1.77. The number of benzene rings is 1. The van der Waals surface area contributed by atoms with Gasteiger partial charge < -0.3 is 10.3 Å². The summed E-state index contributed by atoms with van der Waals surface area (Å²) >= 11 is 0. The van der Waals surface area contributed by atoms with Crippen LogP contribution in [0.4, 0.5) is 0 Å². The van der Waals surface area contributed by atoms with Gasteiger partial charge in [0.25, 0.3) is 5.89 Å². The van der Waals surface area contributed by atoms with Crippen LogP contribution in [0.1, 0.15) is 25.1 Å². The van der Waals surface area contributed by atoms with E-state index in [4.69, 9.17) is 10.3 Å². The number of hydrogen-bond acceptors (Lipinski definition) is 6. The summed E-state index contributed by atoms with van der Waals surface area (Å²) in [6.45, 7) is 0. The van der Waals surface area contributed by atoms with Crippen LogP contribution in [0, 0.1) is 0 Å². The lowest BCUT2D eigenvalue weighted by Crippen LogP contribution is -2.44. The van der Waals surface area contributed by atoms with Crippen LogP contribution in [0.2, 0.25) is 0 Å². The molecule has 3 rings (SSSR count). The lowest BCUT2D eigenvalue weighted by atomic mass is 9.77. The van der Waals surface area contributed by atoms with Gasteiger partial charge in [0.1, 0.15) is 0 Å². The molecule has 0 saturated heterocycles. The third kappa shape index (κ3) is 2.43. The van der Waals surface area contributed by atoms with Crippen molar-refractivity contribution >= 4 is 10.0 Å². The molecule has 0 atom stereocenters. The summed E-state index contributed by atoms with van der Waals surface area (Å²) in [7, 11) is -0.528. The summed E-state index contributed by atoms with van der Waals surface area (Å²) in [4.78, 5) is 4.51. The third-order valence-corrected chi connectivity index (χ3v) is 5.79. The van der Waals surface area contributed by atoms with Crippen LogP contribution in [-0.4, -0.2) is 37.0 Å². The van der Waals surface area contributed by atoms with E-state index in [1.54, 1.807) is 12.1 Å². The van der Waals surface area contributed by atoms with Gasteiger partial charge in [-0.05, 0) is 37.5 Å². The Morgan fingerprint density at radius 2 is 2.05 bits per heavy atom. The maximum absolute atomic E-state index is 12.2. The van der Waals surface area contributed by atoms with E-state index in [1.807, 2.05) is 0 Å². The number of hydrogen-bond donors (Lipinski definition) is 1. The second-order valence-electron chi connectivity index (χ2n) is 5.75. The van der Waals surface area contributed by atoms with Crippen LogP contribution >= 0.6 is 0 Å². The van der Waals surface area contributed by atoms with Crippen molar-refractivity contribution in [2.75, 3.05) is 14.1 Å².